The zero-order chi connectivity index (χ0) is 19.6. The Kier molecular flexibility index (Phi) is 7.57. The highest BCUT2D eigenvalue weighted by molar-refractivity contribution is 7.80. The van der Waals surface area contributed by atoms with Crippen LogP contribution in [0.5, 0.6) is 11.5 Å². The van der Waals surface area contributed by atoms with Crippen LogP contribution in [0, 0.1) is 0 Å². The summed E-state index contributed by atoms with van der Waals surface area (Å²) in [4.78, 5) is 24.3. The van der Waals surface area contributed by atoms with Crippen LogP contribution in [-0.4, -0.2) is 30.6 Å². The highest BCUT2D eigenvalue weighted by atomic mass is 32.1. The second-order valence-corrected chi connectivity index (χ2v) is 5.88. The number of rotatable bonds is 6. The molecule has 0 bridgehead atoms. The van der Waals surface area contributed by atoms with E-state index in [4.69, 9.17) is 21.7 Å². The third-order valence-corrected chi connectivity index (χ3v) is 3.64. The van der Waals surface area contributed by atoms with Crippen LogP contribution >= 0.6 is 12.2 Å². The molecular weight excluding hydrogens is 366 g/mol. The van der Waals surface area contributed by atoms with Crippen molar-refractivity contribution in [1.82, 2.24) is 16.2 Å². The van der Waals surface area contributed by atoms with E-state index >= 15 is 0 Å². The number of thiocarbonyl (C=S) groups is 1. The van der Waals surface area contributed by atoms with Crippen LogP contribution in [0.2, 0.25) is 0 Å². The van der Waals surface area contributed by atoms with Crippen LogP contribution in [0.15, 0.2) is 48.5 Å². The lowest BCUT2D eigenvalue weighted by Crippen LogP contribution is -2.48. The number of amides is 2. The monoisotopic (exact) mass is 387 g/mol. The highest BCUT2D eigenvalue weighted by Gasteiger charge is 2.10. The van der Waals surface area contributed by atoms with Gasteiger partial charge < -0.3 is 9.47 Å². The molecule has 0 aliphatic heterocycles. The first-order valence-corrected chi connectivity index (χ1v) is 8.73. The van der Waals surface area contributed by atoms with Gasteiger partial charge in [-0.25, -0.2) is 0 Å². The van der Waals surface area contributed by atoms with Gasteiger partial charge in [-0.3, -0.25) is 25.8 Å². The van der Waals surface area contributed by atoms with Crippen LogP contribution < -0.4 is 25.6 Å². The molecule has 8 heteroatoms. The minimum absolute atomic E-state index is 0.0262. The van der Waals surface area contributed by atoms with Crippen LogP contribution in [0.3, 0.4) is 0 Å². The number of ether oxygens (including phenoxy) is 2. The number of carbonyl (C=O) groups excluding carboxylic acids is 2. The molecular formula is C19H21N3O4S. The maximum absolute atomic E-state index is 12.2. The molecule has 2 aromatic carbocycles. The van der Waals surface area contributed by atoms with E-state index in [1.54, 1.807) is 55.6 Å². The lowest BCUT2D eigenvalue weighted by molar-refractivity contribution is 0.0934. The fraction of sp³-hybridized carbons (Fsp3) is 0.211. The highest BCUT2D eigenvalue weighted by Crippen LogP contribution is 2.13. The summed E-state index contributed by atoms with van der Waals surface area (Å²) in [5.41, 5.74) is 5.73. The van der Waals surface area contributed by atoms with Gasteiger partial charge in [-0.2, -0.15) is 0 Å². The molecule has 0 atom stereocenters. The fourth-order valence-corrected chi connectivity index (χ4v) is 2.23. The smallest absolute Gasteiger partial charge is 0.269 e. The Bertz CT molecular complexity index is 809. The van der Waals surface area contributed by atoms with E-state index in [-0.39, 0.29) is 5.11 Å². The predicted octanol–water partition coefficient (Wildman–Crippen LogP) is 2.43. The number of hydrogen-bond acceptors (Lipinski definition) is 5. The average molecular weight is 387 g/mol. The molecule has 0 radical (unpaired) electrons. The predicted molar refractivity (Wildman–Crippen MR) is 106 cm³/mol. The summed E-state index contributed by atoms with van der Waals surface area (Å²) in [6.07, 6.45) is 0.873. The van der Waals surface area contributed by atoms with E-state index < -0.39 is 11.8 Å². The summed E-state index contributed by atoms with van der Waals surface area (Å²) >= 11 is 5.03. The SMILES string of the molecule is CCCOc1cccc(C(=O)NC(=S)NNC(=O)c2ccc(OC)cc2)c1. The van der Waals surface area contributed by atoms with E-state index in [1.807, 2.05) is 6.92 Å². The van der Waals surface area contributed by atoms with Crippen molar-refractivity contribution in [3.8, 4) is 11.5 Å². The Hall–Kier alpha value is -3.13. The Morgan fingerprint density at radius 1 is 0.963 bits per heavy atom. The molecule has 27 heavy (non-hydrogen) atoms. The fourth-order valence-electron chi connectivity index (χ4n) is 2.08. The standard InChI is InChI=1S/C19H21N3O4S/c1-3-11-26-16-6-4-5-14(12-16)17(23)20-19(27)22-21-18(24)13-7-9-15(25-2)10-8-13/h4-10,12H,3,11H2,1-2H3,(H,21,24)(H2,20,22,23,27). The second kappa shape index (κ2) is 10.1. The van der Waals surface area contributed by atoms with Gasteiger partial charge in [0.15, 0.2) is 5.11 Å². The van der Waals surface area contributed by atoms with Gasteiger partial charge in [-0.1, -0.05) is 13.0 Å². The van der Waals surface area contributed by atoms with Crippen LogP contribution in [-0.2, 0) is 0 Å². The van der Waals surface area contributed by atoms with Crippen molar-refractivity contribution in [3.05, 3.63) is 59.7 Å². The summed E-state index contributed by atoms with van der Waals surface area (Å²) in [6, 6.07) is 13.3. The summed E-state index contributed by atoms with van der Waals surface area (Å²) in [5, 5.41) is 2.47. The number of carbonyl (C=O) groups is 2. The van der Waals surface area contributed by atoms with E-state index in [0.29, 0.717) is 29.2 Å². The molecule has 0 heterocycles. The Balaban J connectivity index is 1.85. The summed E-state index contributed by atoms with van der Waals surface area (Å²) in [7, 11) is 1.55. The number of hydrogen-bond donors (Lipinski definition) is 3. The second-order valence-electron chi connectivity index (χ2n) is 5.47. The van der Waals surface area contributed by atoms with Gasteiger partial charge in [0.25, 0.3) is 11.8 Å². The summed E-state index contributed by atoms with van der Waals surface area (Å²) < 4.78 is 10.5. The van der Waals surface area contributed by atoms with Gasteiger partial charge in [0.2, 0.25) is 0 Å². The first-order valence-electron chi connectivity index (χ1n) is 8.32. The number of benzene rings is 2. The quantitative estimate of drug-likeness (QED) is 0.521. The molecule has 0 aromatic heterocycles. The number of nitrogens with one attached hydrogen (secondary N) is 3. The first kappa shape index (κ1) is 20.2. The van der Waals surface area contributed by atoms with E-state index in [1.165, 1.54) is 0 Å². The Labute approximate surface area is 163 Å². The average Bonchev–Trinajstić information content (AvgIpc) is 2.70. The molecule has 0 aliphatic carbocycles. The minimum atomic E-state index is -0.409. The molecule has 0 fully saturated rings. The van der Waals surface area contributed by atoms with Crippen LogP contribution in [0.25, 0.3) is 0 Å². The summed E-state index contributed by atoms with van der Waals surface area (Å²) in [6.45, 7) is 2.57. The van der Waals surface area contributed by atoms with Gasteiger partial charge in [0.05, 0.1) is 13.7 Å². The molecule has 3 N–H and O–H groups in total. The van der Waals surface area contributed by atoms with Gasteiger partial charge in [0.1, 0.15) is 11.5 Å². The molecule has 0 aliphatic rings. The van der Waals surface area contributed by atoms with Crippen LogP contribution in [0.1, 0.15) is 34.1 Å². The van der Waals surface area contributed by atoms with E-state index in [0.717, 1.165) is 6.42 Å². The molecule has 0 saturated heterocycles. The van der Waals surface area contributed by atoms with Crippen molar-refractivity contribution in [1.29, 1.82) is 0 Å². The maximum atomic E-state index is 12.2. The first-order chi connectivity index (χ1) is 13.0. The molecule has 2 aromatic rings. The lowest BCUT2D eigenvalue weighted by atomic mass is 10.2. The van der Waals surface area contributed by atoms with Crippen molar-refractivity contribution in [2.24, 2.45) is 0 Å². The van der Waals surface area contributed by atoms with Crippen molar-refractivity contribution in [3.63, 3.8) is 0 Å². The normalized spacial score (nSPS) is 9.85. The molecule has 0 spiro atoms. The van der Waals surface area contributed by atoms with E-state index in [9.17, 15) is 9.59 Å². The number of methoxy groups -OCH3 is 1. The van der Waals surface area contributed by atoms with E-state index in [2.05, 4.69) is 16.2 Å². The Morgan fingerprint density at radius 3 is 2.37 bits per heavy atom. The van der Waals surface area contributed by atoms with Crippen molar-refractivity contribution < 1.29 is 19.1 Å². The van der Waals surface area contributed by atoms with Gasteiger partial charge in [-0.15, -0.1) is 0 Å². The zero-order valence-electron chi connectivity index (χ0n) is 15.1. The molecule has 142 valence electrons. The Morgan fingerprint density at radius 2 is 1.70 bits per heavy atom. The van der Waals surface area contributed by atoms with Crippen molar-refractivity contribution in [2.75, 3.05) is 13.7 Å². The van der Waals surface area contributed by atoms with Crippen LogP contribution in [0.4, 0.5) is 0 Å². The largest absolute Gasteiger partial charge is 0.497 e. The molecule has 2 amide bonds. The molecule has 2 rings (SSSR count). The maximum Gasteiger partial charge on any atom is 0.269 e. The minimum Gasteiger partial charge on any atom is -0.497 e. The zero-order valence-corrected chi connectivity index (χ0v) is 15.9. The molecule has 0 saturated carbocycles. The third kappa shape index (κ3) is 6.27. The number of hydrazine groups is 1. The third-order valence-electron chi connectivity index (χ3n) is 3.44. The summed E-state index contributed by atoms with van der Waals surface area (Å²) in [5.74, 6) is 0.445. The lowest BCUT2D eigenvalue weighted by Gasteiger charge is -2.11. The van der Waals surface area contributed by atoms with Crippen molar-refractivity contribution >= 4 is 29.1 Å². The van der Waals surface area contributed by atoms with Gasteiger partial charge >= 0.3 is 0 Å². The van der Waals surface area contributed by atoms with Gasteiger partial charge in [0, 0.05) is 11.1 Å². The van der Waals surface area contributed by atoms with Gasteiger partial charge in [-0.05, 0) is 61.1 Å². The molecule has 0 unspecified atom stereocenters. The molecule has 7 nitrogen and oxygen atoms in total. The topological polar surface area (TPSA) is 88.7 Å². The van der Waals surface area contributed by atoms with Crippen molar-refractivity contribution in [2.45, 2.75) is 13.3 Å².